The molecule has 3 aromatic rings. The molecule has 8 heteroatoms. The van der Waals surface area contributed by atoms with Crippen LogP contribution in [0.25, 0.3) is 10.9 Å². The van der Waals surface area contributed by atoms with Crippen molar-refractivity contribution in [1.82, 2.24) is 9.47 Å². The van der Waals surface area contributed by atoms with Crippen LogP contribution in [0.15, 0.2) is 36.5 Å². The average Bonchev–Trinajstić information content (AvgIpc) is 3.51. The number of hydrogen-bond acceptors (Lipinski definition) is 7. The van der Waals surface area contributed by atoms with E-state index in [4.69, 9.17) is 14.2 Å². The molecule has 1 aromatic heterocycles. The third kappa shape index (κ3) is 5.29. The van der Waals surface area contributed by atoms with Gasteiger partial charge in [0.1, 0.15) is 11.4 Å². The molecule has 0 amide bonds. The summed E-state index contributed by atoms with van der Waals surface area (Å²) in [6.45, 7) is 9.24. The molecule has 1 saturated carbocycles. The first-order valence-electron chi connectivity index (χ1n) is 14.0. The predicted molar refractivity (Wildman–Crippen MR) is 156 cm³/mol. The van der Waals surface area contributed by atoms with E-state index in [0.29, 0.717) is 17.5 Å². The number of aromatic nitrogens is 1. The molecule has 1 spiro atoms. The van der Waals surface area contributed by atoms with Crippen molar-refractivity contribution in [2.45, 2.75) is 71.6 Å². The zero-order chi connectivity index (χ0) is 28.8. The van der Waals surface area contributed by atoms with E-state index in [1.165, 1.54) is 25.5 Å². The molecule has 40 heavy (non-hydrogen) atoms. The summed E-state index contributed by atoms with van der Waals surface area (Å²) in [5.74, 6) is 0.468. The Balaban J connectivity index is 1.55. The van der Waals surface area contributed by atoms with Gasteiger partial charge >= 0.3 is 12.1 Å². The van der Waals surface area contributed by atoms with Gasteiger partial charge in [-0.2, -0.15) is 0 Å². The molecule has 1 atom stereocenters. The molecule has 2 aromatic carbocycles. The smallest absolute Gasteiger partial charge is 0.419 e. The maximum absolute atomic E-state index is 13.1. The second-order valence-electron chi connectivity index (χ2n) is 12.3. The van der Waals surface area contributed by atoms with E-state index in [9.17, 15) is 9.59 Å². The van der Waals surface area contributed by atoms with Gasteiger partial charge in [-0.1, -0.05) is 6.07 Å². The number of fused-ring (bicyclic) bond motifs is 1. The van der Waals surface area contributed by atoms with Gasteiger partial charge < -0.3 is 19.5 Å². The molecule has 1 aliphatic heterocycles. The highest BCUT2D eigenvalue weighted by Gasteiger charge is 2.48. The lowest BCUT2D eigenvalue weighted by atomic mass is 9.83. The van der Waals surface area contributed by atoms with Crippen LogP contribution in [0.1, 0.15) is 79.5 Å². The third-order valence-electron chi connectivity index (χ3n) is 8.46. The standard InChI is InChI=1S/C32H41N3O5/c1-20-16-27(38-6)24(22-10-14-35(28(20)22)30(37)40-31(2,3)4)19-34-15-13-32(11-12-32)18-26(34)23-9-8-21(29(36)39-7)17-25(23)33-5/h8-10,14,16-17,26,33H,11-13,15,18-19H2,1-7H3/t26-/m1/s1. The fourth-order valence-electron chi connectivity index (χ4n) is 6.19. The van der Waals surface area contributed by atoms with Crippen molar-refractivity contribution >= 4 is 28.7 Å². The number of ether oxygens (including phenoxy) is 3. The Morgan fingerprint density at radius 3 is 2.48 bits per heavy atom. The van der Waals surface area contributed by atoms with Gasteiger partial charge in [0, 0.05) is 42.5 Å². The van der Waals surface area contributed by atoms with Crippen molar-refractivity contribution in [1.29, 1.82) is 0 Å². The van der Waals surface area contributed by atoms with E-state index in [1.807, 2.05) is 59.0 Å². The van der Waals surface area contributed by atoms with Crippen LogP contribution in [0.2, 0.25) is 0 Å². The van der Waals surface area contributed by atoms with Crippen LogP contribution < -0.4 is 10.1 Å². The van der Waals surface area contributed by atoms with Crippen molar-refractivity contribution in [2.75, 3.05) is 33.1 Å². The van der Waals surface area contributed by atoms with E-state index in [-0.39, 0.29) is 12.0 Å². The lowest BCUT2D eigenvalue weighted by Crippen LogP contribution is -2.37. The molecule has 2 aliphatic rings. The Hall–Kier alpha value is -3.52. The SMILES string of the molecule is CNc1cc(C(=O)OC)ccc1[C@H]1CC2(CCN1Cc1c(OC)cc(C)c3c1ccn3C(=O)OC(C)(C)C)CC2. The van der Waals surface area contributed by atoms with Crippen molar-refractivity contribution in [3.05, 3.63) is 58.8 Å². The lowest BCUT2D eigenvalue weighted by molar-refractivity contribution is 0.0542. The number of esters is 1. The van der Waals surface area contributed by atoms with Gasteiger partial charge in [-0.05, 0) is 101 Å². The van der Waals surface area contributed by atoms with Crippen LogP contribution in [0.3, 0.4) is 0 Å². The van der Waals surface area contributed by atoms with Gasteiger partial charge in [0.05, 0.1) is 25.3 Å². The highest BCUT2D eigenvalue weighted by molar-refractivity contribution is 5.95. The molecule has 2 fully saturated rings. The summed E-state index contributed by atoms with van der Waals surface area (Å²) in [6.07, 6.45) is 6.17. The van der Waals surface area contributed by atoms with Crippen LogP contribution in [0, 0.1) is 12.3 Å². The van der Waals surface area contributed by atoms with Gasteiger partial charge in [0.2, 0.25) is 0 Å². The van der Waals surface area contributed by atoms with Gasteiger partial charge in [-0.15, -0.1) is 0 Å². The Bertz CT molecular complexity index is 1450. The number of rotatable bonds is 6. The maximum Gasteiger partial charge on any atom is 0.419 e. The number of piperidine rings is 1. The Morgan fingerprint density at radius 1 is 1.10 bits per heavy atom. The lowest BCUT2D eigenvalue weighted by Gasteiger charge is -2.41. The van der Waals surface area contributed by atoms with E-state index in [2.05, 4.69) is 16.3 Å². The van der Waals surface area contributed by atoms with Gasteiger partial charge in [-0.25, -0.2) is 9.59 Å². The number of anilines is 1. The number of carbonyl (C=O) groups excluding carboxylic acids is 2. The summed E-state index contributed by atoms with van der Waals surface area (Å²) < 4.78 is 18.2. The second-order valence-corrected chi connectivity index (χ2v) is 12.3. The van der Waals surface area contributed by atoms with Crippen molar-refractivity contribution in [3.63, 3.8) is 0 Å². The van der Waals surface area contributed by atoms with Gasteiger partial charge in [0.15, 0.2) is 0 Å². The minimum atomic E-state index is -0.592. The zero-order valence-corrected chi connectivity index (χ0v) is 24.7. The molecule has 2 heterocycles. The van der Waals surface area contributed by atoms with E-state index in [0.717, 1.165) is 52.9 Å². The summed E-state index contributed by atoms with van der Waals surface area (Å²) in [6, 6.07) is 10.00. The molecule has 0 bridgehead atoms. The molecule has 5 rings (SSSR count). The maximum atomic E-state index is 13.1. The molecule has 214 valence electrons. The molecule has 0 radical (unpaired) electrons. The van der Waals surface area contributed by atoms with E-state index >= 15 is 0 Å². The predicted octanol–water partition coefficient (Wildman–Crippen LogP) is 6.69. The topological polar surface area (TPSA) is 82.0 Å². The largest absolute Gasteiger partial charge is 0.496 e. The van der Waals surface area contributed by atoms with Gasteiger partial charge in [0.25, 0.3) is 0 Å². The third-order valence-corrected chi connectivity index (χ3v) is 8.46. The molecule has 8 nitrogen and oxygen atoms in total. The average molecular weight is 548 g/mol. The summed E-state index contributed by atoms with van der Waals surface area (Å²) in [5, 5.41) is 4.31. The first-order valence-corrected chi connectivity index (χ1v) is 14.0. The van der Waals surface area contributed by atoms with Crippen LogP contribution in [0.4, 0.5) is 10.5 Å². The number of methoxy groups -OCH3 is 2. The van der Waals surface area contributed by atoms with Crippen molar-refractivity contribution < 1.29 is 23.8 Å². The molecular formula is C32H41N3O5. The summed E-state index contributed by atoms with van der Waals surface area (Å²) in [7, 11) is 5.00. The van der Waals surface area contributed by atoms with Crippen molar-refractivity contribution in [2.24, 2.45) is 5.41 Å². The number of nitrogens with one attached hydrogen (secondary N) is 1. The Labute approximate surface area is 236 Å². The highest BCUT2D eigenvalue weighted by atomic mass is 16.6. The number of benzene rings is 2. The Morgan fingerprint density at radius 2 is 1.85 bits per heavy atom. The Kier molecular flexibility index (Phi) is 7.33. The van der Waals surface area contributed by atoms with E-state index in [1.54, 1.807) is 17.9 Å². The zero-order valence-electron chi connectivity index (χ0n) is 24.7. The minimum Gasteiger partial charge on any atom is -0.496 e. The van der Waals surface area contributed by atoms with Crippen LogP contribution >= 0.6 is 0 Å². The summed E-state index contributed by atoms with van der Waals surface area (Å²) >= 11 is 0. The van der Waals surface area contributed by atoms with Crippen LogP contribution in [-0.4, -0.2) is 54.9 Å². The first kappa shape index (κ1) is 28.0. The van der Waals surface area contributed by atoms with E-state index < -0.39 is 11.7 Å². The quantitative estimate of drug-likeness (QED) is 0.345. The minimum absolute atomic E-state index is 0.166. The first-order chi connectivity index (χ1) is 19.0. The summed E-state index contributed by atoms with van der Waals surface area (Å²) in [4.78, 5) is 27.8. The van der Waals surface area contributed by atoms with Gasteiger partial charge in [-0.3, -0.25) is 9.47 Å². The second kappa shape index (κ2) is 10.5. The number of nitrogens with zero attached hydrogens (tertiary/aromatic N) is 2. The molecular weight excluding hydrogens is 506 g/mol. The monoisotopic (exact) mass is 547 g/mol. The number of likely N-dealkylation sites (tertiary alicyclic amines) is 1. The number of carbonyl (C=O) groups is 2. The van der Waals surface area contributed by atoms with Crippen molar-refractivity contribution in [3.8, 4) is 5.75 Å². The molecule has 1 N–H and O–H groups in total. The number of aryl methyl sites for hydroxylation is 1. The van der Waals surface area contributed by atoms with Crippen LogP contribution in [0.5, 0.6) is 5.75 Å². The van der Waals surface area contributed by atoms with Crippen LogP contribution in [-0.2, 0) is 16.0 Å². The normalized spacial score (nSPS) is 18.5. The molecule has 0 unspecified atom stereocenters. The fourth-order valence-corrected chi connectivity index (χ4v) is 6.19. The number of hydrogen-bond donors (Lipinski definition) is 1. The fraction of sp³-hybridized carbons (Fsp3) is 0.500. The molecule has 1 saturated heterocycles. The molecule has 1 aliphatic carbocycles. The highest BCUT2D eigenvalue weighted by Crippen LogP contribution is 2.59. The summed E-state index contributed by atoms with van der Waals surface area (Å²) in [5.41, 5.74) is 5.31.